The van der Waals surface area contributed by atoms with Gasteiger partial charge in [-0.25, -0.2) is 9.40 Å². The van der Waals surface area contributed by atoms with Crippen molar-refractivity contribution in [2.45, 2.75) is 18.7 Å². The second kappa shape index (κ2) is 6.13. The van der Waals surface area contributed by atoms with E-state index >= 15 is 0 Å². The number of nitrogens with zero attached hydrogens (tertiary/aromatic N) is 2. The molecule has 4 nitrogen and oxygen atoms in total. The summed E-state index contributed by atoms with van der Waals surface area (Å²) in [5.74, 6) is 0.598. The number of rotatable bonds is 2. The summed E-state index contributed by atoms with van der Waals surface area (Å²) in [5, 5.41) is 16.8. The van der Waals surface area contributed by atoms with Gasteiger partial charge in [0.05, 0.1) is 17.3 Å². The molecule has 134 valence electrons. The first kappa shape index (κ1) is 15.9. The van der Waals surface area contributed by atoms with E-state index in [0.717, 1.165) is 17.0 Å². The Hall–Kier alpha value is -3.34. The van der Waals surface area contributed by atoms with Crippen LogP contribution in [0.25, 0.3) is 0 Å². The van der Waals surface area contributed by atoms with Crippen LogP contribution in [0.4, 0.5) is 4.39 Å². The molecule has 2 aliphatic heterocycles. The van der Waals surface area contributed by atoms with E-state index in [1.807, 2.05) is 41.4 Å². The maximum atomic E-state index is 14.5. The fourth-order valence-electron chi connectivity index (χ4n) is 3.80. The minimum atomic E-state index is -0.658. The number of fused-ring (bicyclic) bond motifs is 3. The number of halogens is 1. The van der Waals surface area contributed by atoms with Crippen LogP contribution in [0.5, 0.6) is 11.5 Å². The van der Waals surface area contributed by atoms with E-state index in [1.54, 1.807) is 30.3 Å². The lowest BCUT2D eigenvalue weighted by Gasteiger charge is -2.38. The molecular weight excluding hydrogens is 343 g/mol. The molecule has 0 saturated carbocycles. The Morgan fingerprint density at radius 3 is 2.44 bits per heavy atom. The first-order valence-corrected chi connectivity index (χ1v) is 8.86. The molecule has 3 aromatic rings. The summed E-state index contributed by atoms with van der Waals surface area (Å²) in [6.07, 6.45) is -0.0439. The highest BCUT2D eigenvalue weighted by molar-refractivity contribution is 6.04. The van der Waals surface area contributed by atoms with E-state index in [-0.39, 0.29) is 17.6 Å². The van der Waals surface area contributed by atoms with Crippen molar-refractivity contribution in [2.75, 3.05) is 0 Å². The van der Waals surface area contributed by atoms with Crippen molar-refractivity contribution in [1.29, 1.82) is 0 Å². The zero-order valence-electron chi connectivity index (χ0n) is 14.4. The summed E-state index contributed by atoms with van der Waals surface area (Å²) < 4.78 is 20.6. The number of hydrogen-bond acceptors (Lipinski definition) is 4. The lowest BCUT2D eigenvalue weighted by Crippen LogP contribution is -2.34. The van der Waals surface area contributed by atoms with E-state index < -0.39 is 6.23 Å². The Morgan fingerprint density at radius 1 is 0.926 bits per heavy atom. The van der Waals surface area contributed by atoms with Gasteiger partial charge in [0.15, 0.2) is 0 Å². The van der Waals surface area contributed by atoms with Crippen LogP contribution < -0.4 is 4.74 Å². The Morgan fingerprint density at radius 2 is 1.63 bits per heavy atom. The van der Waals surface area contributed by atoms with Crippen molar-refractivity contribution in [3.05, 3.63) is 95.3 Å². The second-order valence-corrected chi connectivity index (χ2v) is 6.69. The molecule has 0 bridgehead atoms. The summed E-state index contributed by atoms with van der Waals surface area (Å²) in [6, 6.07) is 21.4. The third kappa shape index (κ3) is 2.54. The monoisotopic (exact) mass is 360 g/mol. The van der Waals surface area contributed by atoms with E-state index in [4.69, 9.17) is 9.84 Å². The molecule has 0 radical (unpaired) electrons. The average molecular weight is 360 g/mol. The molecule has 5 heteroatoms. The topological polar surface area (TPSA) is 45.1 Å². The Bertz CT molecular complexity index is 1050. The number of hydrogen-bond donors (Lipinski definition) is 1. The van der Waals surface area contributed by atoms with Crippen LogP contribution in [-0.2, 0) is 0 Å². The molecule has 0 aliphatic carbocycles. The highest BCUT2D eigenvalue weighted by atomic mass is 19.1. The standard InChI is InChI=1S/C22H17FN2O2/c23-17-10-4-1-7-14(17)22-25-19(16-9-3-6-12-21(16)27-22)13-18(24-25)15-8-2-5-11-20(15)26/h1-12,19,22,26H,13H2/t19-,22+/m1/s1. The van der Waals surface area contributed by atoms with Crippen LogP contribution in [0.15, 0.2) is 77.9 Å². The normalized spacial score (nSPS) is 20.5. The van der Waals surface area contributed by atoms with Crippen LogP contribution in [0.1, 0.15) is 35.4 Å². The molecular formula is C22H17FN2O2. The van der Waals surface area contributed by atoms with E-state index in [2.05, 4.69) is 0 Å². The lowest BCUT2D eigenvalue weighted by atomic mass is 9.95. The number of para-hydroxylation sites is 2. The van der Waals surface area contributed by atoms with Crippen LogP contribution in [0.3, 0.4) is 0 Å². The van der Waals surface area contributed by atoms with Crippen LogP contribution in [-0.4, -0.2) is 15.8 Å². The van der Waals surface area contributed by atoms with Crippen LogP contribution in [0, 0.1) is 5.82 Å². The fourth-order valence-corrected chi connectivity index (χ4v) is 3.80. The largest absolute Gasteiger partial charge is 0.507 e. The quantitative estimate of drug-likeness (QED) is 0.716. The van der Waals surface area contributed by atoms with Gasteiger partial charge < -0.3 is 9.84 Å². The highest BCUT2D eigenvalue weighted by Gasteiger charge is 2.41. The van der Waals surface area contributed by atoms with Crippen LogP contribution in [0.2, 0.25) is 0 Å². The predicted molar refractivity (Wildman–Crippen MR) is 100 cm³/mol. The van der Waals surface area contributed by atoms with Crippen molar-refractivity contribution in [1.82, 2.24) is 5.01 Å². The molecule has 2 heterocycles. The molecule has 3 aromatic carbocycles. The fraction of sp³-hybridized carbons (Fsp3) is 0.136. The van der Waals surface area contributed by atoms with Crippen molar-refractivity contribution in [3.63, 3.8) is 0 Å². The zero-order valence-corrected chi connectivity index (χ0v) is 14.4. The predicted octanol–water partition coefficient (Wildman–Crippen LogP) is 4.77. The molecule has 0 aromatic heterocycles. The van der Waals surface area contributed by atoms with E-state index in [9.17, 15) is 9.50 Å². The molecule has 27 heavy (non-hydrogen) atoms. The van der Waals surface area contributed by atoms with Crippen molar-refractivity contribution >= 4 is 5.71 Å². The minimum absolute atomic E-state index is 0.0748. The van der Waals surface area contributed by atoms with E-state index in [1.165, 1.54) is 6.07 Å². The summed E-state index contributed by atoms with van der Waals surface area (Å²) in [4.78, 5) is 0. The Labute approximate surface area is 156 Å². The third-order valence-corrected chi connectivity index (χ3v) is 5.09. The SMILES string of the molecule is Oc1ccccc1C1=NN2[C@H](C1)c1ccccc1O[C@H]2c1ccccc1F. The molecule has 0 spiro atoms. The minimum Gasteiger partial charge on any atom is -0.507 e. The number of ether oxygens (including phenoxy) is 1. The summed E-state index contributed by atoms with van der Waals surface area (Å²) in [5.41, 5.74) is 2.91. The van der Waals surface area contributed by atoms with Crippen molar-refractivity contribution in [2.24, 2.45) is 5.10 Å². The lowest BCUT2D eigenvalue weighted by molar-refractivity contribution is -0.0212. The number of phenols is 1. The number of phenolic OH excluding ortho intramolecular Hbond substituents is 1. The molecule has 0 amide bonds. The zero-order chi connectivity index (χ0) is 18.4. The maximum absolute atomic E-state index is 14.5. The van der Waals surface area contributed by atoms with Gasteiger partial charge in [-0.1, -0.05) is 48.5 Å². The number of benzene rings is 3. The first-order valence-electron chi connectivity index (χ1n) is 8.86. The van der Waals surface area contributed by atoms with Crippen molar-refractivity contribution < 1.29 is 14.2 Å². The van der Waals surface area contributed by atoms with Gasteiger partial charge in [0.2, 0.25) is 6.23 Å². The van der Waals surface area contributed by atoms with Gasteiger partial charge in [0, 0.05) is 17.5 Å². The average Bonchev–Trinajstić information content (AvgIpc) is 3.14. The molecule has 0 saturated heterocycles. The number of hydrazone groups is 1. The smallest absolute Gasteiger partial charge is 0.216 e. The van der Waals surface area contributed by atoms with Gasteiger partial charge in [-0.05, 0) is 24.3 Å². The molecule has 0 unspecified atom stereocenters. The van der Waals surface area contributed by atoms with Gasteiger partial charge in [-0.2, -0.15) is 5.10 Å². The molecule has 2 aliphatic rings. The summed E-state index contributed by atoms with van der Waals surface area (Å²) >= 11 is 0. The molecule has 2 atom stereocenters. The molecule has 1 N–H and O–H groups in total. The summed E-state index contributed by atoms with van der Waals surface area (Å²) in [7, 11) is 0. The molecule has 0 fully saturated rings. The van der Waals surface area contributed by atoms with Gasteiger partial charge in [0.1, 0.15) is 17.3 Å². The Kier molecular flexibility index (Phi) is 3.60. The van der Waals surface area contributed by atoms with Gasteiger partial charge in [-0.15, -0.1) is 0 Å². The maximum Gasteiger partial charge on any atom is 0.216 e. The highest BCUT2D eigenvalue weighted by Crippen LogP contribution is 2.48. The van der Waals surface area contributed by atoms with Gasteiger partial charge in [-0.3, -0.25) is 0 Å². The number of aromatic hydroxyl groups is 1. The van der Waals surface area contributed by atoms with Gasteiger partial charge >= 0.3 is 0 Å². The Balaban J connectivity index is 1.64. The van der Waals surface area contributed by atoms with Crippen LogP contribution >= 0.6 is 0 Å². The van der Waals surface area contributed by atoms with E-state index in [0.29, 0.717) is 17.5 Å². The third-order valence-electron chi connectivity index (χ3n) is 5.09. The summed E-state index contributed by atoms with van der Waals surface area (Å²) in [6.45, 7) is 0. The van der Waals surface area contributed by atoms with Crippen molar-refractivity contribution in [3.8, 4) is 11.5 Å². The first-order chi connectivity index (χ1) is 13.2. The second-order valence-electron chi connectivity index (χ2n) is 6.69. The molecule has 5 rings (SSSR count). The van der Waals surface area contributed by atoms with Gasteiger partial charge in [0.25, 0.3) is 0 Å².